The molecule has 0 heterocycles. The highest BCUT2D eigenvalue weighted by Crippen LogP contribution is 2.22. The Kier molecular flexibility index (Phi) is 15.0. The van der Waals surface area contributed by atoms with Crippen LogP contribution in [0.1, 0.15) is 124 Å². The number of rotatable bonds is 19. The molecule has 1 N–H and O–H groups in total. The van der Waals surface area contributed by atoms with E-state index in [0.717, 1.165) is 13.0 Å². The second-order valence-corrected chi connectivity index (χ2v) is 9.58. The van der Waals surface area contributed by atoms with Gasteiger partial charge in [0.25, 0.3) is 0 Å². The number of quaternary nitrogens is 1. The molecule has 0 amide bonds. The second-order valence-electron chi connectivity index (χ2n) is 9.58. The third kappa shape index (κ3) is 12.5. The lowest BCUT2D eigenvalue weighted by molar-refractivity contribution is -0.928. The van der Waals surface area contributed by atoms with Crippen LogP contribution < -0.4 is 0 Å². The number of carboxylic acids is 1. The number of carboxylic acid groups (broad SMARTS) is 1. The maximum atomic E-state index is 11.4. The Bertz CT molecular complexity index is 363. The summed E-state index contributed by atoms with van der Waals surface area (Å²) in [5.74, 6) is -0.705. The van der Waals surface area contributed by atoms with Crippen molar-refractivity contribution in [3.63, 3.8) is 0 Å². The molecule has 27 heavy (non-hydrogen) atoms. The molecule has 0 aliphatic carbocycles. The van der Waals surface area contributed by atoms with Crippen LogP contribution in [0.25, 0.3) is 0 Å². The Hall–Kier alpha value is -0.570. The lowest BCUT2D eigenvalue weighted by atomic mass is 9.99. The molecular formula is C24H50NO2+. The summed E-state index contributed by atoms with van der Waals surface area (Å²) in [6, 6.07) is 0. The highest BCUT2D eigenvalue weighted by atomic mass is 16.4. The topological polar surface area (TPSA) is 37.3 Å². The predicted molar refractivity (Wildman–Crippen MR) is 118 cm³/mol. The summed E-state index contributed by atoms with van der Waals surface area (Å²) in [4.78, 5) is 11.4. The van der Waals surface area contributed by atoms with Crippen LogP contribution in [-0.4, -0.2) is 41.7 Å². The zero-order valence-electron chi connectivity index (χ0n) is 19.3. The number of likely N-dealkylation sites (N-methyl/N-ethyl adjacent to an activating group) is 1. The van der Waals surface area contributed by atoms with Gasteiger partial charge in [0.05, 0.1) is 20.6 Å². The van der Waals surface area contributed by atoms with Gasteiger partial charge >= 0.3 is 5.97 Å². The SMILES string of the molecule is CCCCCCCCCCCCCCCCCC[N+](C)(C)C(C)(C)C(=O)O. The maximum absolute atomic E-state index is 11.4. The van der Waals surface area contributed by atoms with Gasteiger partial charge < -0.3 is 9.59 Å². The number of unbranched alkanes of at least 4 members (excludes halogenated alkanes) is 15. The quantitative estimate of drug-likeness (QED) is 0.189. The van der Waals surface area contributed by atoms with Crippen LogP contribution in [-0.2, 0) is 4.79 Å². The van der Waals surface area contributed by atoms with Crippen molar-refractivity contribution in [2.24, 2.45) is 0 Å². The van der Waals surface area contributed by atoms with Crippen molar-refractivity contribution in [3.8, 4) is 0 Å². The van der Waals surface area contributed by atoms with Gasteiger partial charge in [0.1, 0.15) is 0 Å². The summed E-state index contributed by atoms with van der Waals surface area (Å²) < 4.78 is 0.556. The Balaban J connectivity index is 3.40. The molecule has 0 atom stereocenters. The smallest absolute Gasteiger partial charge is 0.365 e. The first-order chi connectivity index (χ1) is 12.8. The number of hydrogen-bond acceptors (Lipinski definition) is 1. The van der Waals surface area contributed by atoms with Gasteiger partial charge in [0, 0.05) is 13.8 Å². The van der Waals surface area contributed by atoms with Gasteiger partial charge in [-0.3, -0.25) is 0 Å². The van der Waals surface area contributed by atoms with Crippen LogP contribution >= 0.6 is 0 Å². The summed E-state index contributed by atoms with van der Waals surface area (Å²) in [5, 5.41) is 9.40. The average Bonchev–Trinajstić information content (AvgIpc) is 2.61. The van der Waals surface area contributed by atoms with E-state index in [1.165, 1.54) is 96.3 Å². The lowest BCUT2D eigenvalue weighted by Gasteiger charge is -2.41. The normalized spacial score (nSPS) is 12.5. The highest BCUT2D eigenvalue weighted by molar-refractivity contribution is 5.76. The van der Waals surface area contributed by atoms with Gasteiger partial charge in [-0.15, -0.1) is 0 Å². The van der Waals surface area contributed by atoms with E-state index in [-0.39, 0.29) is 0 Å². The third-order valence-corrected chi connectivity index (χ3v) is 6.61. The van der Waals surface area contributed by atoms with Crippen molar-refractivity contribution in [3.05, 3.63) is 0 Å². The molecule has 0 aromatic carbocycles. The van der Waals surface area contributed by atoms with Crippen LogP contribution in [0.2, 0.25) is 0 Å². The Morgan fingerprint density at radius 2 is 0.963 bits per heavy atom. The van der Waals surface area contributed by atoms with Crippen molar-refractivity contribution in [2.45, 2.75) is 129 Å². The van der Waals surface area contributed by atoms with Crippen molar-refractivity contribution in [2.75, 3.05) is 20.6 Å². The third-order valence-electron chi connectivity index (χ3n) is 6.61. The van der Waals surface area contributed by atoms with Crippen LogP contribution in [0, 0.1) is 0 Å². The van der Waals surface area contributed by atoms with Gasteiger partial charge in [-0.1, -0.05) is 96.8 Å². The van der Waals surface area contributed by atoms with E-state index >= 15 is 0 Å². The fourth-order valence-electron chi connectivity index (χ4n) is 3.59. The minimum atomic E-state index is -0.713. The number of hydrogen-bond donors (Lipinski definition) is 1. The molecule has 0 bridgehead atoms. The average molecular weight is 385 g/mol. The number of carbonyl (C=O) groups is 1. The van der Waals surface area contributed by atoms with E-state index in [1.54, 1.807) is 0 Å². The van der Waals surface area contributed by atoms with Crippen LogP contribution in [0.3, 0.4) is 0 Å². The predicted octanol–water partition coefficient (Wildman–Crippen LogP) is 7.19. The second kappa shape index (κ2) is 15.4. The van der Waals surface area contributed by atoms with Gasteiger partial charge in [0.2, 0.25) is 0 Å². The van der Waals surface area contributed by atoms with Gasteiger partial charge in [-0.05, 0) is 12.8 Å². The molecule has 3 nitrogen and oxygen atoms in total. The Morgan fingerprint density at radius 1 is 0.667 bits per heavy atom. The summed E-state index contributed by atoms with van der Waals surface area (Å²) in [6.07, 6.45) is 22.0. The van der Waals surface area contributed by atoms with Crippen molar-refractivity contribution >= 4 is 5.97 Å². The molecule has 0 spiro atoms. The van der Waals surface area contributed by atoms with Crippen molar-refractivity contribution in [1.29, 1.82) is 0 Å². The molecule has 0 aromatic heterocycles. The van der Waals surface area contributed by atoms with Crippen molar-refractivity contribution < 1.29 is 14.4 Å². The van der Waals surface area contributed by atoms with E-state index in [1.807, 2.05) is 27.9 Å². The number of aliphatic carboxylic acids is 1. The molecule has 0 aromatic rings. The molecule has 3 heteroatoms. The standard InChI is InChI=1S/C24H49NO2/c1-6-7-8-9-10-11-12-13-14-15-16-17-18-19-20-21-22-25(4,5)24(2,3)23(26)27/h6-22H2,1-5H3/p+1. The summed E-state index contributed by atoms with van der Waals surface area (Å²) in [6.45, 7) is 6.89. The van der Waals surface area contributed by atoms with Crippen LogP contribution in [0.4, 0.5) is 0 Å². The van der Waals surface area contributed by atoms with Gasteiger partial charge in [-0.25, -0.2) is 4.79 Å². The first-order valence-corrected chi connectivity index (χ1v) is 11.8. The molecule has 0 unspecified atom stereocenters. The molecule has 0 aliphatic rings. The summed E-state index contributed by atoms with van der Waals surface area (Å²) >= 11 is 0. The lowest BCUT2D eigenvalue weighted by Crippen LogP contribution is -2.60. The fourth-order valence-corrected chi connectivity index (χ4v) is 3.59. The molecule has 0 saturated carbocycles. The fraction of sp³-hybridized carbons (Fsp3) is 0.958. The molecule has 0 rings (SSSR count). The van der Waals surface area contributed by atoms with E-state index < -0.39 is 11.5 Å². The molecule has 0 fully saturated rings. The zero-order chi connectivity index (χ0) is 20.6. The highest BCUT2D eigenvalue weighted by Gasteiger charge is 2.43. The van der Waals surface area contributed by atoms with Crippen molar-refractivity contribution in [1.82, 2.24) is 0 Å². The van der Waals surface area contributed by atoms with Crippen LogP contribution in [0.5, 0.6) is 0 Å². The Morgan fingerprint density at radius 3 is 1.26 bits per heavy atom. The molecule has 0 radical (unpaired) electrons. The van der Waals surface area contributed by atoms with Gasteiger partial charge in [-0.2, -0.15) is 0 Å². The maximum Gasteiger partial charge on any atom is 0.365 e. The first-order valence-electron chi connectivity index (χ1n) is 11.8. The minimum Gasteiger partial charge on any atom is -0.477 e. The van der Waals surface area contributed by atoms with E-state index in [0.29, 0.717) is 4.48 Å². The zero-order valence-corrected chi connectivity index (χ0v) is 19.3. The first kappa shape index (κ1) is 26.4. The van der Waals surface area contributed by atoms with Gasteiger partial charge in [0.15, 0.2) is 5.54 Å². The van der Waals surface area contributed by atoms with Crippen LogP contribution in [0.15, 0.2) is 0 Å². The van der Waals surface area contributed by atoms with E-state index in [9.17, 15) is 9.90 Å². The van der Waals surface area contributed by atoms with E-state index in [2.05, 4.69) is 6.92 Å². The molecule has 162 valence electrons. The Labute approximate surface area is 170 Å². The molecule has 0 aliphatic heterocycles. The molecule has 0 saturated heterocycles. The summed E-state index contributed by atoms with van der Waals surface area (Å²) in [5.41, 5.74) is -0.713. The largest absolute Gasteiger partial charge is 0.477 e. The summed E-state index contributed by atoms with van der Waals surface area (Å²) in [7, 11) is 4.08. The monoisotopic (exact) mass is 384 g/mol. The minimum absolute atomic E-state index is 0.556. The van der Waals surface area contributed by atoms with E-state index in [4.69, 9.17) is 0 Å². The number of nitrogens with zero attached hydrogens (tertiary/aromatic N) is 1. The molecular weight excluding hydrogens is 334 g/mol.